The molecule has 1 fully saturated rings. The zero-order chi connectivity index (χ0) is 17.8. The van der Waals surface area contributed by atoms with Crippen LogP contribution in [0.5, 0.6) is 0 Å². The molecule has 3 heterocycles. The highest BCUT2D eigenvalue weighted by atomic mass is 32.1. The van der Waals surface area contributed by atoms with Crippen LogP contribution < -0.4 is 5.32 Å². The molecule has 3 rings (SSSR count). The van der Waals surface area contributed by atoms with Crippen molar-refractivity contribution in [2.24, 2.45) is 0 Å². The Morgan fingerprint density at radius 2 is 1.84 bits per heavy atom. The van der Waals surface area contributed by atoms with E-state index >= 15 is 0 Å². The van der Waals surface area contributed by atoms with Gasteiger partial charge in [-0.3, -0.25) is 19.4 Å². The van der Waals surface area contributed by atoms with Gasteiger partial charge >= 0.3 is 0 Å². The number of nitrogens with one attached hydrogen (secondary N) is 1. The second kappa shape index (κ2) is 7.39. The number of amides is 3. The molecule has 3 amide bonds. The van der Waals surface area contributed by atoms with E-state index in [1.54, 1.807) is 21.2 Å². The van der Waals surface area contributed by atoms with E-state index in [2.05, 4.69) is 15.3 Å². The summed E-state index contributed by atoms with van der Waals surface area (Å²) in [6, 6.07) is 1.69. The average molecular weight is 359 g/mol. The molecule has 8 nitrogen and oxygen atoms in total. The van der Waals surface area contributed by atoms with Gasteiger partial charge in [-0.2, -0.15) is 0 Å². The molecule has 25 heavy (non-hydrogen) atoms. The summed E-state index contributed by atoms with van der Waals surface area (Å²) >= 11 is 1.27. The van der Waals surface area contributed by atoms with Crippen molar-refractivity contribution in [3.8, 4) is 0 Å². The minimum absolute atomic E-state index is 0.0140. The number of carbonyl (C=O) groups is 3. The Morgan fingerprint density at radius 1 is 1.12 bits per heavy atom. The SMILES string of the molecule is CC(=O)N1CCN(C(=O)c2sccc2NC(=O)c2cnccn2)CC1. The van der Waals surface area contributed by atoms with Gasteiger partial charge in [0.15, 0.2) is 0 Å². The molecule has 0 atom stereocenters. The number of hydrogen-bond acceptors (Lipinski definition) is 6. The summed E-state index contributed by atoms with van der Waals surface area (Å²) in [5, 5.41) is 4.47. The highest BCUT2D eigenvalue weighted by Gasteiger charge is 2.26. The summed E-state index contributed by atoms with van der Waals surface area (Å²) in [6.07, 6.45) is 4.28. The summed E-state index contributed by atoms with van der Waals surface area (Å²) in [5.41, 5.74) is 0.641. The van der Waals surface area contributed by atoms with E-state index in [4.69, 9.17) is 0 Å². The maximum Gasteiger partial charge on any atom is 0.275 e. The van der Waals surface area contributed by atoms with Crippen LogP contribution in [-0.2, 0) is 4.79 Å². The van der Waals surface area contributed by atoms with Crippen molar-refractivity contribution in [1.82, 2.24) is 19.8 Å². The third-order valence-electron chi connectivity index (χ3n) is 3.92. The molecule has 2 aromatic heterocycles. The molecular weight excluding hydrogens is 342 g/mol. The third kappa shape index (κ3) is 3.82. The fourth-order valence-electron chi connectivity index (χ4n) is 2.54. The van der Waals surface area contributed by atoms with Crippen molar-refractivity contribution in [1.29, 1.82) is 0 Å². The number of hydrogen-bond donors (Lipinski definition) is 1. The summed E-state index contributed by atoms with van der Waals surface area (Å²) in [7, 11) is 0. The van der Waals surface area contributed by atoms with E-state index in [-0.39, 0.29) is 17.5 Å². The first-order valence-electron chi connectivity index (χ1n) is 7.76. The number of thiophene rings is 1. The topological polar surface area (TPSA) is 95.5 Å². The van der Waals surface area contributed by atoms with Crippen LogP contribution in [0.1, 0.15) is 27.1 Å². The first-order valence-corrected chi connectivity index (χ1v) is 8.64. The second-order valence-corrected chi connectivity index (χ2v) is 6.42. The predicted molar refractivity (Wildman–Crippen MR) is 92.5 cm³/mol. The number of nitrogens with zero attached hydrogens (tertiary/aromatic N) is 4. The molecule has 1 aliphatic rings. The summed E-state index contributed by atoms with van der Waals surface area (Å²) in [6.45, 7) is 3.53. The maximum absolute atomic E-state index is 12.7. The molecule has 0 bridgehead atoms. The fraction of sp³-hybridized carbons (Fsp3) is 0.312. The molecule has 0 spiro atoms. The first kappa shape index (κ1) is 17.0. The lowest BCUT2D eigenvalue weighted by molar-refractivity contribution is -0.130. The predicted octanol–water partition coefficient (Wildman–Crippen LogP) is 1.09. The Morgan fingerprint density at radius 3 is 2.48 bits per heavy atom. The van der Waals surface area contributed by atoms with Crippen LogP contribution in [0.25, 0.3) is 0 Å². The van der Waals surface area contributed by atoms with Crippen LogP contribution in [-0.4, -0.2) is 63.7 Å². The molecule has 1 saturated heterocycles. The van der Waals surface area contributed by atoms with E-state index in [1.165, 1.54) is 36.9 Å². The minimum Gasteiger partial charge on any atom is -0.339 e. The van der Waals surface area contributed by atoms with E-state index in [9.17, 15) is 14.4 Å². The van der Waals surface area contributed by atoms with Gasteiger partial charge in [0, 0.05) is 45.5 Å². The highest BCUT2D eigenvalue weighted by Crippen LogP contribution is 2.25. The van der Waals surface area contributed by atoms with Crippen molar-refractivity contribution in [2.45, 2.75) is 6.92 Å². The Balaban J connectivity index is 1.68. The van der Waals surface area contributed by atoms with Crippen molar-refractivity contribution in [3.05, 3.63) is 40.6 Å². The van der Waals surface area contributed by atoms with Crippen LogP contribution in [0.15, 0.2) is 30.0 Å². The fourth-order valence-corrected chi connectivity index (χ4v) is 3.36. The standard InChI is InChI=1S/C16H17N5O3S/c1-11(22)20-5-7-21(8-6-20)16(24)14-12(2-9-25-14)19-15(23)13-10-17-3-4-18-13/h2-4,9-10H,5-8H2,1H3,(H,19,23). The molecule has 0 radical (unpaired) electrons. The number of piperazine rings is 1. The Kier molecular flexibility index (Phi) is 5.03. The largest absolute Gasteiger partial charge is 0.339 e. The smallest absolute Gasteiger partial charge is 0.275 e. The Labute approximate surface area is 148 Å². The lowest BCUT2D eigenvalue weighted by atomic mass is 10.2. The molecular formula is C16H17N5O3S. The number of aromatic nitrogens is 2. The molecule has 2 aromatic rings. The van der Waals surface area contributed by atoms with Crippen LogP contribution >= 0.6 is 11.3 Å². The molecule has 0 aliphatic carbocycles. The third-order valence-corrected chi connectivity index (χ3v) is 4.82. The average Bonchev–Trinajstić information content (AvgIpc) is 3.10. The second-order valence-electron chi connectivity index (χ2n) is 5.51. The molecule has 0 aromatic carbocycles. The quantitative estimate of drug-likeness (QED) is 0.885. The molecule has 0 unspecified atom stereocenters. The van der Waals surface area contributed by atoms with Gasteiger partial charge in [0.2, 0.25) is 5.91 Å². The zero-order valence-electron chi connectivity index (χ0n) is 13.6. The summed E-state index contributed by atoms with van der Waals surface area (Å²) < 4.78 is 0. The van der Waals surface area contributed by atoms with Gasteiger partial charge in [0.05, 0.1) is 11.9 Å². The zero-order valence-corrected chi connectivity index (χ0v) is 14.5. The van der Waals surface area contributed by atoms with Crippen molar-refractivity contribution < 1.29 is 14.4 Å². The summed E-state index contributed by atoms with van der Waals surface area (Å²) in [5.74, 6) is -0.547. The van der Waals surface area contributed by atoms with Gasteiger partial charge in [0.25, 0.3) is 11.8 Å². The lowest BCUT2D eigenvalue weighted by Gasteiger charge is -2.34. The van der Waals surface area contributed by atoms with Gasteiger partial charge in [-0.05, 0) is 11.4 Å². The number of rotatable bonds is 3. The molecule has 9 heteroatoms. The minimum atomic E-state index is -0.415. The van der Waals surface area contributed by atoms with Crippen molar-refractivity contribution in [3.63, 3.8) is 0 Å². The van der Waals surface area contributed by atoms with E-state index in [0.717, 1.165) is 0 Å². The Hall–Kier alpha value is -2.81. The monoisotopic (exact) mass is 359 g/mol. The Bertz CT molecular complexity index is 784. The lowest BCUT2D eigenvalue weighted by Crippen LogP contribution is -2.50. The molecule has 130 valence electrons. The van der Waals surface area contributed by atoms with E-state index in [1.807, 2.05) is 0 Å². The van der Waals surface area contributed by atoms with Crippen LogP contribution in [0, 0.1) is 0 Å². The molecule has 0 saturated carbocycles. The summed E-state index contributed by atoms with van der Waals surface area (Å²) in [4.78, 5) is 48.0. The van der Waals surface area contributed by atoms with Gasteiger partial charge in [0.1, 0.15) is 10.6 Å². The molecule has 1 N–H and O–H groups in total. The van der Waals surface area contributed by atoms with Crippen molar-refractivity contribution >= 4 is 34.7 Å². The molecule has 1 aliphatic heterocycles. The van der Waals surface area contributed by atoms with Crippen LogP contribution in [0.3, 0.4) is 0 Å². The van der Waals surface area contributed by atoms with Crippen molar-refractivity contribution in [2.75, 3.05) is 31.5 Å². The van der Waals surface area contributed by atoms with E-state index in [0.29, 0.717) is 36.7 Å². The maximum atomic E-state index is 12.7. The number of carbonyl (C=O) groups excluding carboxylic acids is 3. The van der Waals surface area contributed by atoms with Crippen LogP contribution in [0.2, 0.25) is 0 Å². The van der Waals surface area contributed by atoms with Gasteiger partial charge in [-0.1, -0.05) is 0 Å². The first-order chi connectivity index (χ1) is 12.1. The normalized spacial score (nSPS) is 14.3. The van der Waals surface area contributed by atoms with E-state index < -0.39 is 5.91 Å². The van der Waals surface area contributed by atoms with Gasteiger partial charge < -0.3 is 15.1 Å². The van der Waals surface area contributed by atoms with Gasteiger partial charge in [-0.15, -0.1) is 11.3 Å². The highest BCUT2D eigenvalue weighted by molar-refractivity contribution is 7.12. The van der Waals surface area contributed by atoms with Crippen LogP contribution in [0.4, 0.5) is 5.69 Å². The van der Waals surface area contributed by atoms with Gasteiger partial charge in [-0.25, -0.2) is 4.98 Å². The number of anilines is 1.